The van der Waals surface area contributed by atoms with Crippen LogP contribution in [0.1, 0.15) is 56.0 Å². The number of aryl methyl sites for hydroxylation is 1. The zero-order chi connectivity index (χ0) is 35.1. The smallest absolute Gasteiger partial charge is 0.261 e. The normalized spacial score (nSPS) is 20.8. The quantitative estimate of drug-likeness (QED) is 0.321. The minimum Gasteiger partial charge on any atom is -0.490 e. The van der Waals surface area contributed by atoms with Crippen LogP contribution in [0.2, 0.25) is 0 Å². The molecule has 13 heteroatoms. The maximum absolute atomic E-state index is 14.4. The van der Waals surface area contributed by atoms with Crippen molar-refractivity contribution in [3.8, 4) is 5.75 Å². The first-order valence-corrected chi connectivity index (χ1v) is 19.1. The summed E-state index contributed by atoms with van der Waals surface area (Å²) in [6, 6.07) is 18.6. The van der Waals surface area contributed by atoms with E-state index in [1.54, 1.807) is 61.5 Å². The van der Waals surface area contributed by atoms with Crippen molar-refractivity contribution in [2.24, 2.45) is 5.92 Å². The Bertz CT molecular complexity index is 1740. The molecule has 0 radical (unpaired) electrons. The zero-order valence-corrected chi connectivity index (χ0v) is 29.8. The number of hydrogen-bond acceptors (Lipinski definition) is 8. The maximum Gasteiger partial charge on any atom is 0.261 e. The number of nitrogens with zero attached hydrogens (tertiary/aromatic N) is 2. The van der Waals surface area contributed by atoms with Gasteiger partial charge in [-0.05, 0) is 82.5 Å². The molecular weight excluding hydrogens is 655 g/mol. The maximum atomic E-state index is 14.4. The van der Waals surface area contributed by atoms with E-state index in [0.717, 1.165) is 12.0 Å². The molecule has 1 heterocycles. The predicted molar refractivity (Wildman–Crippen MR) is 185 cm³/mol. The van der Waals surface area contributed by atoms with E-state index >= 15 is 0 Å². The number of carbonyl (C=O) groups excluding carboxylic acids is 1. The number of anilines is 1. The number of amides is 1. The molecule has 1 aliphatic rings. The summed E-state index contributed by atoms with van der Waals surface area (Å²) >= 11 is 0. The van der Waals surface area contributed by atoms with Crippen molar-refractivity contribution >= 4 is 31.6 Å². The third kappa shape index (κ3) is 9.35. The number of hydrogen-bond donors (Lipinski definition) is 2. The van der Waals surface area contributed by atoms with Gasteiger partial charge in [-0.15, -0.1) is 0 Å². The van der Waals surface area contributed by atoms with Crippen molar-refractivity contribution in [2.45, 2.75) is 75.0 Å². The Morgan fingerprint density at radius 2 is 1.67 bits per heavy atom. The number of benzene rings is 3. The van der Waals surface area contributed by atoms with Gasteiger partial charge in [-0.3, -0.25) is 9.52 Å². The van der Waals surface area contributed by atoms with Crippen LogP contribution in [0.3, 0.4) is 0 Å². The fraction of sp³-hybridized carbons (Fsp3) is 0.457. The summed E-state index contributed by atoms with van der Waals surface area (Å²) in [4.78, 5) is 16.1. The monoisotopic (exact) mass is 701 g/mol. The van der Waals surface area contributed by atoms with Gasteiger partial charge in [-0.1, -0.05) is 42.8 Å². The lowest BCUT2D eigenvalue weighted by Gasteiger charge is -2.35. The molecule has 0 bridgehead atoms. The second-order valence-electron chi connectivity index (χ2n) is 12.5. The Morgan fingerprint density at radius 1 is 0.979 bits per heavy atom. The molecule has 11 nitrogen and oxygen atoms in total. The van der Waals surface area contributed by atoms with Gasteiger partial charge in [-0.25, -0.2) is 16.8 Å². The largest absolute Gasteiger partial charge is 0.490 e. The first-order valence-electron chi connectivity index (χ1n) is 16.2. The molecular formula is C35H47N3O8S2. The average molecular weight is 702 g/mol. The van der Waals surface area contributed by atoms with Gasteiger partial charge < -0.3 is 19.5 Å². The summed E-state index contributed by atoms with van der Waals surface area (Å²) in [5.74, 6) is -0.527. The summed E-state index contributed by atoms with van der Waals surface area (Å²) in [6.45, 7) is 7.59. The third-order valence-electron chi connectivity index (χ3n) is 8.52. The van der Waals surface area contributed by atoms with Crippen LogP contribution >= 0.6 is 0 Å². The molecule has 0 aliphatic carbocycles. The Kier molecular flexibility index (Phi) is 12.7. The fourth-order valence-corrected chi connectivity index (χ4v) is 7.76. The molecule has 3 aromatic carbocycles. The minimum absolute atomic E-state index is 0.0506. The zero-order valence-electron chi connectivity index (χ0n) is 28.2. The molecule has 0 aromatic heterocycles. The van der Waals surface area contributed by atoms with Crippen LogP contribution in [0.25, 0.3) is 0 Å². The third-order valence-corrected chi connectivity index (χ3v) is 11.8. The van der Waals surface area contributed by atoms with Gasteiger partial charge >= 0.3 is 0 Å². The summed E-state index contributed by atoms with van der Waals surface area (Å²) in [7, 11) is -6.24. The number of likely N-dealkylation sites (N-methyl/N-ethyl adjacent to an activating group) is 1. The fourth-order valence-electron chi connectivity index (χ4n) is 5.50. The molecule has 0 saturated heterocycles. The van der Waals surface area contributed by atoms with Crippen LogP contribution < -0.4 is 9.46 Å². The molecule has 262 valence electrons. The van der Waals surface area contributed by atoms with Crippen LogP contribution in [0.15, 0.2) is 82.6 Å². The summed E-state index contributed by atoms with van der Waals surface area (Å²) in [5.41, 5.74) is 1.23. The first-order chi connectivity index (χ1) is 22.7. The topological polar surface area (TPSA) is 143 Å². The van der Waals surface area contributed by atoms with E-state index in [4.69, 9.17) is 9.47 Å². The second-order valence-corrected chi connectivity index (χ2v) is 16.3. The molecule has 0 unspecified atom stereocenters. The second kappa shape index (κ2) is 16.3. The van der Waals surface area contributed by atoms with Gasteiger partial charge in [0.25, 0.3) is 15.9 Å². The van der Waals surface area contributed by atoms with E-state index in [2.05, 4.69) is 4.72 Å². The average Bonchev–Trinajstić information content (AvgIpc) is 3.06. The van der Waals surface area contributed by atoms with Gasteiger partial charge in [0, 0.05) is 38.3 Å². The van der Waals surface area contributed by atoms with Gasteiger partial charge in [0.1, 0.15) is 5.75 Å². The Labute approximate surface area is 285 Å². The SMILES string of the molecule is Cc1ccc(S(=O)(=O)Nc2ccc3c(c2)C(=O)N([C@@H](C)CO)C[C@@H](C)[C@@H](CN(C)S(=O)(=O)c2ccccc2)OCCCC[C@@H](C)O3)cc1. The number of nitrogens with one attached hydrogen (secondary N) is 1. The summed E-state index contributed by atoms with van der Waals surface area (Å²) in [6.07, 6.45) is 1.31. The van der Waals surface area contributed by atoms with E-state index in [9.17, 15) is 26.7 Å². The molecule has 1 amide bonds. The summed E-state index contributed by atoms with van der Waals surface area (Å²) in [5, 5.41) is 10.2. The van der Waals surface area contributed by atoms with Gasteiger partial charge in [0.05, 0.1) is 40.2 Å². The van der Waals surface area contributed by atoms with E-state index in [-0.39, 0.29) is 52.8 Å². The number of sulfonamides is 2. The lowest BCUT2D eigenvalue weighted by molar-refractivity contribution is -0.00833. The number of carbonyl (C=O) groups is 1. The van der Waals surface area contributed by atoms with Crippen LogP contribution in [0, 0.1) is 12.8 Å². The molecule has 48 heavy (non-hydrogen) atoms. The van der Waals surface area contributed by atoms with E-state index < -0.39 is 38.1 Å². The van der Waals surface area contributed by atoms with E-state index in [1.807, 2.05) is 20.8 Å². The highest BCUT2D eigenvalue weighted by Gasteiger charge is 2.32. The van der Waals surface area contributed by atoms with Crippen molar-refractivity contribution in [1.82, 2.24) is 9.21 Å². The van der Waals surface area contributed by atoms with Crippen molar-refractivity contribution in [3.05, 3.63) is 83.9 Å². The molecule has 2 N–H and O–H groups in total. The highest BCUT2D eigenvalue weighted by Crippen LogP contribution is 2.30. The van der Waals surface area contributed by atoms with Crippen LogP contribution in [-0.2, 0) is 24.8 Å². The standard InChI is InChI=1S/C35H47N3O8S2/c1-25-14-17-30(18-15-25)47(41,42)36-29-16-19-33-32(21-29)35(40)38(27(3)24-39)22-26(2)34(45-20-10-9-11-28(4)46-33)23-37(5)48(43,44)31-12-7-6-8-13-31/h6-8,12-19,21,26-28,34,36,39H,9-11,20,22-24H2,1-5H3/t26-,27+,28-,34-/m1/s1. The number of aliphatic hydroxyl groups is 1. The molecule has 3 aromatic rings. The Hall–Kier alpha value is -3.49. The van der Waals surface area contributed by atoms with E-state index in [0.29, 0.717) is 25.2 Å². The van der Waals surface area contributed by atoms with E-state index in [1.165, 1.54) is 34.5 Å². The molecule has 0 spiro atoms. The Morgan fingerprint density at radius 3 is 2.33 bits per heavy atom. The molecule has 4 atom stereocenters. The molecule has 0 fully saturated rings. The van der Waals surface area contributed by atoms with Crippen molar-refractivity contribution in [2.75, 3.05) is 38.1 Å². The number of aliphatic hydroxyl groups excluding tert-OH is 1. The minimum atomic E-state index is -3.95. The Balaban J connectivity index is 1.68. The van der Waals surface area contributed by atoms with Gasteiger partial charge in [0.15, 0.2) is 0 Å². The number of rotatable bonds is 9. The van der Waals surface area contributed by atoms with Crippen molar-refractivity contribution < 1.29 is 36.2 Å². The lowest BCUT2D eigenvalue weighted by atomic mass is 10.0. The van der Waals surface area contributed by atoms with Gasteiger partial charge in [0.2, 0.25) is 10.0 Å². The predicted octanol–water partition coefficient (Wildman–Crippen LogP) is 4.91. The highest BCUT2D eigenvalue weighted by molar-refractivity contribution is 7.92. The van der Waals surface area contributed by atoms with Gasteiger partial charge in [-0.2, -0.15) is 4.31 Å². The number of fused-ring (bicyclic) bond motifs is 1. The van der Waals surface area contributed by atoms with Crippen LogP contribution in [0.5, 0.6) is 5.75 Å². The van der Waals surface area contributed by atoms with Crippen molar-refractivity contribution in [3.63, 3.8) is 0 Å². The van der Waals surface area contributed by atoms with Crippen LogP contribution in [0.4, 0.5) is 5.69 Å². The van der Waals surface area contributed by atoms with Crippen molar-refractivity contribution in [1.29, 1.82) is 0 Å². The highest BCUT2D eigenvalue weighted by atomic mass is 32.2. The number of ether oxygens (including phenoxy) is 2. The summed E-state index contributed by atoms with van der Waals surface area (Å²) < 4.78 is 69.5. The molecule has 4 rings (SSSR count). The molecule has 1 aliphatic heterocycles. The first kappa shape index (κ1) is 37.3. The molecule has 0 saturated carbocycles. The van der Waals surface area contributed by atoms with Crippen LogP contribution in [-0.4, -0.2) is 88.7 Å². The lowest BCUT2D eigenvalue weighted by Crippen LogP contribution is -2.48.